The van der Waals surface area contributed by atoms with Crippen molar-refractivity contribution in [3.63, 3.8) is 0 Å². The second kappa shape index (κ2) is 13.3. The summed E-state index contributed by atoms with van der Waals surface area (Å²) in [6.45, 7) is 0. The van der Waals surface area contributed by atoms with E-state index >= 15 is 4.79 Å². The maximum absolute atomic E-state index is 15.4. The van der Waals surface area contributed by atoms with E-state index in [9.17, 15) is 33.8 Å². The molecule has 6 atom stereocenters. The summed E-state index contributed by atoms with van der Waals surface area (Å²) < 4.78 is 25.0. The van der Waals surface area contributed by atoms with Crippen LogP contribution in [0.15, 0.2) is 96.6 Å². The zero-order valence-corrected chi connectivity index (χ0v) is 30.1. The first kappa shape index (κ1) is 35.8. The number of halogens is 2. The minimum Gasteiger partial charge on any atom is -0.502 e. The van der Waals surface area contributed by atoms with Crippen molar-refractivity contribution in [1.29, 1.82) is 0 Å². The maximum Gasteiger partial charge on any atom is 0.335 e. The summed E-state index contributed by atoms with van der Waals surface area (Å²) in [5, 5.41) is 21.9. The normalized spacial score (nSPS) is 25.6. The summed E-state index contributed by atoms with van der Waals surface area (Å²) >= 11 is 6.36. The fourth-order valence-electron chi connectivity index (χ4n) is 9.14. The van der Waals surface area contributed by atoms with Crippen molar-refractivity contribution < 1.29 is 48.0 Å². The highest BCUT2D eigenvalue weighted by atomic mass is 35.5. The molecular weight excluding hydrogens is 733 g/mol. The number of phenolic OH excluding ortho intramolecular Hbond substituents is 1. The number of nitrogens with zero attached hydrogens (tertiary/aromatic N) is 2. The van der Waals surface area contributed by atoms with Gasteiger partial charge in [-0.2, -0.15) is 5.01 Å². The number of hydrogen-bond acceptors (Lipinski definition) is 9. The van der Waals surface area contributed by atoms with Gasteiger partial charge in [-0.05, 0) is 96.6 Å². The number of carbonyl (C=O) groups excluding carboxylic acids is 4. The number of benzene rings is 4. The Hall–Kier alpha value is -6.21. The lowest BCUT2D eigenvalue weighted by molar-refractivity contribution is -0.138. The number of aromatic carboxylic acids is 1. The predicted molar refractivity (Wildman–Crippen MR) is 196 cm³/mol. The Balaban J connectivity index is 1.34. The monoisotopic (exact) mass is 765 g/mol. The van der Waals surface area contributed by atoms with Crippen LogP contribution < -0.4 is 19.8 Å². The molecule has 4 aliphatic rings. The maximum atomic E-state index is 15.4. The molecule has 0 bridgehead atoms. The minimum atomic E-state index is -1.68. The standard InChI is InChI=1S/C41H33ClFN3O9/c1-54-31-17-21(18-32(55-2)35(31)47)34-27-14-15-28-33(38(50)45(36(28)48)26-5-3-4-20(16-26)39(51)52)29(27)19-30-37(49)46(44-25-12-10-24(43)11-13-25)40(53)41(30,34)22-6-8-23(42)9-7-22/h3-14,16-18,28-30,33-34,44,47H,15,19H2,1-2H3,(H,51,52). The van der Waals surface area contributed by atoms with Gasteiger partial charge < -0.3 is 19.7 Å². The van der Waals surface area contributed by atoms with E-state index in [1.54, 1.807) is 36.4 Å². The Morgan fingerprint density at radius 2 is 1.56 bits per heavy atom. The zero-order chi connectivity index (χ0) is 38.9. The SMILES string of the molecule is COc1cc(C2C3=CCC4C(=O)N(c5cccc(C(=O)O)c5)C(=O)C4C3CC3C(=O)N(Nc4ccc(F)cc4)C(=O)C32c2ccc(Cl)cc2)cc(OC)c1O. The highest BCUT2D eigenvalue weighted by Crippen LogP contribution is 2.65. The number of hydrazine groups is 1. The number of fused-ring (bicyclic) bond motifs is 4. The highest BCUT2D eigenvalue weighted by molar-refractivity contribution is 6.30. The number of phenols is 1. The molecule has 4 aromatic carbocycles. The van der Waals surface area contributed by atoms with Crippen molar-refractivity contribution in [1.82, 2.24) is 5.01 Å². The van der Waals surface area contributed by atoms with Gasteiger partial charge in [-0.15, -0.1) is 0 Å². The van der Waals surface area contributed by atoms with Gasteiger partial charge in [0.05, 0.1) is 54.3 Å². The molecule has 2 saturated heterocycles. The molecular formula is C41H33ClFN3O9. The predicted octanol–water partition coefficient (Wildman–Crippen LogP) is 6.09. The summed E-state index contributed by atoms with van der Waals surface area (Å²) in [5.74, 6) is -8.93. The molecule has 12 nitrogen and oxygen atoms in total. The molecule has 2 heterocycles. The Labute approximate surface area is 318 Å². The summed E-state index contributed by atoms with van der Waals surface area (Å²) in [7, 11) is 2.72. The smallest absolute Gasteiger partial charge is 0.335 e. The van der Waals surface area contributed by atoms with E-state index in [0.29, 0.717) is 21.7 Å². The van der Waals surface area contributed by atoms with Gasteiger partial charge in [-0.1, -0.05) is 41.4 Å². The van der Waals surface area contributed by atoms with Crippen LogP contribution in [0, 0.1) is 29.5 Å². The van der Waals surface area contributed by atoms with E-state index in [1.165, 1.54) is 62.8 Å². The number of anilines is 2. The van der Waals surface area contributed by atoms with E-state index in [2.05, 4.69) is 5.43 Å². The topological polar surface area (TPSA) is 163 Å². The number of carboxylic acid groups (broad SMARTS) is 1. The van der Waals surface area contributed by atoms with Crippen molar-refractivity contribution in [3.8, 4) is 17.2 Å². The summed E-state index contributed by atoms with van der Waals surface area (Å²) in [4.78, 5) is 71.7. The molecule has 14 heteroatoms. The van der Waals surface area contributed by atoms with E-state index in [-0.39, 0.29) is 47.0 Å². The molecule has 0 radical (unpaired) electrons. The van der Waals surface area contributed by atoms with Gasteiger partial charge in [0.25, 0.3) is 11.8 Å². The third kappa shape index (κ3) is 5.36. The van der Waals surface area contributed by atoms with Crippen LogP contribution in [0.5, 0.6) is 17.2 Å². The molecule has 4 amide bonds. The van der Waals surface area contributed by atoms with Gasteiger partial charge in [0.1, 0.15) is 5.82 Å². The Bertz CT molecular complexity index is 2310. The summed E-state index contributed by atoms with van der Waals surface area (Å²) in [6.07, 6.45) is 1.94. The highest BCUT2D eigenvalue weighted by Gasteiger charge is 2.70. The lowest BCUT2D eigenvalue weighted by Gasteiger charge is -2.50. The number of amides is 4. The van der Waals surface area contributed by atoms with E-state index in [4.69, 9.17) is 21.1 Å². The molecule has 3 N–H and O–H groups in total. The second-order valence-electron chi connectivity index (χ2n) is 14.0. The molecule has 2 aliphatic carbocycles. The van der Waals surface area contributed by atoms with Gasteiger partial charge in [-0.3, -0.25) is 29.5 Å². The van der Waals surface area contributed by atoms with Crippen LogP contribution in [0.1, 0.15) is 40.2 Å². The van der Waals surface area contributed by atoms with Crippen molar-refractivity contribution in [2.45, 2.75) is 24.2 Å². The molecule has 4 aromatic rings. The largest absolute Gasteiger partial charge is 0.502 e. The minimum absolute atomic E-state index is 0.0212. The van der Waals surface area contributed by atoms with Crippen LogP contribution >= 0.6 is 11.6 Å². The Morgan fingerprint density at radius 1 is 0.891 bits per heavy atom. The number of carboxylic acids is 1. The van der Waals surface area contributed by atoms with Gasteiger partial charge in [0.2, 0.25) is 17.6 Å². The van der Waals surface area contributed by atoms with Crippen molar-refractivity contribution in [2.24, 2.45) is 23.7 Å². The first-order valence-electron chi connectivity index (χ1n) is 17.4. The third-order valence-electron chi connectivity index (χ3n) is 11.4. The van der Waals surface area contributed by atoms with E-state index in [0.717, 1.165) is 9.91 Å². The first-order chi connectivity index (χ1) is 26.4. The van der Waals surface area contributed by atoms with Crippen LogP contribution in [-0.4, -0.2) is 59.0 Å². The van der Waals surface area contributed by atoms with Crippen molar-refractivity contribution >= 4 is 52.6 Å². The van der Waals surface area contributed by atoms with Gasteiger partial charge >= 0.3 is 5.97 Å². The molecule has 280 valence electrons. The van der Waals surface area contributed by atoms with Crippen molar-refractivity contribution in [3.05, 3.63) is 124 Å². The van der Waals surface area contributed by atoms with Gasteiger partial charge in [0, 0.05) is 10.9 Å². The average molecular weight is 766 g/mol. The molecule has 1 saturated carbocycles. The number of hydrogen-bond donors (Lipinski definition) is 3. The van der Waals surface area contributed by atoms with Crippen LogP contribution in [0.2, 0.25) is 5.02 Å². The lowest BCUT2D eigenvalue weighted by Crippen LogP contribution is -2.53. The molecule has 0 spiro atoms. The quantitative estimate of drug-likeness (QED) is 0.141. The van der Waals surface area contributed by atoms with E-state index in [1.807, 2.05) is 6.08 Å². The number of rotatable bonds is 8. The molecule has 3 fully saturated rings. The lowest BCUT2D eigenvalue weighted by atomic mass is 9.49. The van der Waals surface area contributed by atoms with Crippen LogP contribution in [0.4, 0.5) is 15.8 Å². The first-order valence-corrected chi connectivity index (χ1v) is 17.8. The zero-order valence-electron chi connectivity index (χ0n) is 29.4. The second-order valence-corrected chi connectivity index (χ2v) is 14.5. The molecule has 8 rings (SSSR count). The molecule has 55 heavy (non-hydrogen) atoms. The number of carbonyl (C=O) groups is 5. The van der Waals surface area contributed by atoms with Crippen LogP contribution in [0.25, 0.3) is 0 Å². The summed E-state index contributed by atoms with van der Waals surface area (Å²) in [5.41, 5.74) is 2.99. The van der Waals surface area contributed by atoms with Crippen LogP contribution in [-0.2, 0) is 24.6 Å². The number of aromatic hydroxyl groups is 1. The molecule has 0 aromatic heterocycles. The molecule has 2 aliphatic heterocycles. The van der Waals surface area contributed by atoms with E-state index < -0.39 is 70.4 Å². The van der Waals surface area contributed by atoms with Crippen LogP contribution in [0.3, 0.4) is 0 Å². The number of allylic oxidation sites excluding steroid dienone is 2. The number of methoxy groups -OCH3 is 2. The Kier molecular flexibility index (Phi) is 8.64. The van der Waals surface area contributed by atoms with Crippen molar-refractivity contribution in [2.75, 3.05) is 24.5 Å². The fourth-order valence-corrected chi connectivity index (χ4v) is 9.27. The Morgan fingerprint density at radius 3 is 2.20 bits per heavy atom. The van der Waals surface area contributed by atoms with Gasteiger partial charge in [-0.25, -0.2) is 9.18 Å². The van der Waals surface area contributed by atoms with Gasteiger partial charge in [0.15, 0.2) is 11.5 Å². The fraction of sp³-hybridized carbons (Fsp3) is 0.244. The number of ether oxygens (including phenoxy) is 2. The number of imide groups is 2. The summed E-state index contributed by atoms with van der Waals surface area (Å²) in [6, 6.07) is 20.5. The average Bonchev–Trinajstić information content (AvgIpc) is 3.56. The number of nitrogens with one attached hydrogen (secondary N) is 1. The molecule has 6 unspecified atom stereocenters. The third-order valence-corrected chi connectivity index (χ3v) is 11.7.